The van der Waals surface area contributed by atoms with E-state index in [1.165, 1.54) is 45.1 Å². The van der Waals surface area contributed by atoms with Gasteiger partial charge in [-0.05, 0) is 43.6 Å². The molecular formula is C12H23N. The topological polar surface area (TPSA) is 12.0 Å². The van der Waals surface area contributed by atoms with Gasteiger partial charge in [0.25, 0.3) is 0 Å². The second-order valence-corrected chi connectivity index (χ2v) is 5.37. The lowest BCUT2D eigenvalue weighted by Gasteiger charge is -2.29. The molecule has 0 aromatic heterocycles. The number of hydrogen-bond acceptors (Lipinski definition) is 1. The van der Waals surface area contributed by atoms with E-state index >= 15 is 0 Å². The SMILES string of the molecule is CCC1(C)CCCC2CCNC2C1. The molecule has 0 aromatic rings. The summed E-state index contributed by atoms with van der Waals surface area (Å²) in [7, 11) is 0. The third-order valence-corrected chi connectivity index (χ3v) is 4.41. The lowest BCUT2D eigenvalue weighted by Crippen LogP contribution is -2.31. The standard InChI is InChI=1S/C12H23N/c1-3-12(2)7-4-5-10-6-8-13-11(10)9-12/h10-11,13H,3-9H2,1-2H3. The monoisotopic (exact) mass is 181 g/mol. The second kappa shape index (κ2) is 3.61. The van der Waals surface area contributed by atoms with Crippen LogP contribution in [0, 0.1) is 11.3 Å². The van der Waals surface area contributed by atoms with E-state index in [0.717, 1.165) is 12.0 Å². The molecule has 1 saturated carbocycles. The number of fused-ring (bicyclic) bond motifs is 1. The van der Waals surface area contributed by atoms with Gasteiger partial charge in [0.15, 0.2) is 0 Å². The van der Waals surface area contributed by atoms with Gasteiger partial charge in [-0.3, -0.25) is 0 Å². The van der Waals surface area contributed by atoms with Crippen molar-refractivity contribution in [3.8, 4) is 0 Å². The first-order valence-corrected chi connectivity index (χ1v) is 5.97. The lowest BCUT2D eigenvalue weighted by molar-refractivity contribution is 0.240. The van der Waals surface area contributed by atoms with Crippen LogP contribution in [-0.2, 0) is 0 Å². The Balaban J connectivity index is 2.04. The van der Waals surface area contributed by atoms with Gasteiger partial charge in [-0.15, -0.1) is 0 Å². The normalized spacial score (nSPS) is 45.7. The Labute approximate surface area is 82.3 Å². The molecule has 1 N–H and O–H groups in total. The van der Waals surface area contributed by atoms with Crippen LogP contribution in [0.4, 0.5) is 0 Å². The molecule has 1 heteroatoms. The van der Waals surface area contributed by atoms with E-state index in [0.29, 0.717) is 5.41 Å². The highest BCUT2D eigenvalue weighted by Crippen LogP contribution is 2.41. The Bertz CT molecular complexity index is 178. The van der Waals surface area contributed by atoms with Crippen molar-refractivity contribution >= 4 is 0 Å². The van der Waals surface area contributed by atoms with Crippen molar-refractivity contribution < 1.29 is 0 Å². The highest BCUT2D eigenvalue weighted by Gasteiger charge is 2.36. The molecule has 76 valence electrons. The maximum atomic E-state index is 3.69. The molecule has 1 nitrogen and oxygen atoms in total. The van der Waals surface area contributed by atoms with E-state index in [9.17, 15) is 0 Å². The van der Waals surface area contributed by atoms with Gasteiger partial charge in [0.05, 0.1) is 0 Å². The zero-order valence-electron chi connectivity index (χ0n) is 9.10. The molecule has 2 fully saturated rings. The van der Waals surface area contributed by atoms with Crippen LogP contribution in [0.3, 0.4) is 0 Å². The minimum Gasteiger partial charge on any atom is -0.314 e. The van der Waals surface area contributed by atoms with Crippen LogP contribution in [0.15, 0.2) is 0 Å². The molecule has 0 aromatic carbocycles. The van der Waals surface area contributed by atoms with Crippen molar-refractivity contribution in [2.45, 2.75) is 58.4 Å². The van der Waals surface area contributed by atoms with Crippen molar-refractivity contribution in [3.05, 3.63) is 0 Å². The van der Waals surface area contributed by atoms with Crippen LogP contribution in [0.1, 0.15) is 52.4 Å². The van der Waals surface area contributed by atoms with Gasteiger partial charge in [-0.1, -0.05) is 26.7 Å². The van der Waals surface area contributed by atoms with Gasteiger partial charge in [0.1, 0.15) is 0 Å². The Morgan fingerprint density at radius 3 is 3.00 bits per heavy atom. The molecular weight excluding hydrogens is 158 g/mol. The molecule has 3 unspecified atom stereocenters. The highest BCUT2D eigenvalue weighted by atomic mass is 15.0. The smallest absolute Gasteiger partial charge is 0.0101 e. The maximum Gasteiger partial charge on any atom is 0.0101 e. The van der Waals surface area contributed by atoms with E-state index in [4.69, 9.17) is 0 Å². The third kappa shape index (κ3) is 1.90. The summed E-state index contributed by atoms with van der Waals surface area (Å²) >= 11 is 0. The molecule has 0 spiro atoms. The van der Waals surface area contributed by atoms with Gasteiger partial charge in [-0.25, -0.2) is 0 Å². The van der Waals surface area contributed by atoms with E-state index in [-0.39, 0.29) is 0 Å². The lowest BCUT2D eigenvalue weighted by atomic mass is 9.78. The minimum atomic E-state index is 0.636. The summed E-state index contributed by atoms with van der Waals surface area (Å²) in [6.07, 6.45) is 8.62. The summed E-state index contributed by atoms with van der Waals surface area (Å²) in [5.41, 5.74) is 0.636. The van der Waals surface area contributed by atoms with E-state index in [1.54, 1.807) is 0 Å². The summed E-state index contributed by atoms with van der Waals surface area (Å²) in [5.74, 6) is 1.01. The van der Waals surface area contributed by atoms with Crippen molar-refractivity contribution in [3.63, 3.8) is 0 Å². The average Bonchev–Trinajstić information content (AvgIpc) is 2.47. The molecule has 0 bridgehead atoms. The van der Waals surface area contributed by atoms with Crippen molar-refractivity contribution in [2.24, 2.45) is 11.3 Å². The van der Waals surface area contributed by atoms with Crippen LogP contribution in [0.5, 0.6) is 0 Å². The summed E-state index contributed by atoms with van der Waals surface area (Å²) in [6.45, 7) is 6.11. The first-order valence-electron chi connectivity index (χ1n) is 5.97. The van der Waals surface area contributed by atoms with E-state index in [1.807, 2.05) is 0 Å². The largest absolute Gasteiger partial charge is 0.314 e. The average molecular weight is 181 g/mol. The first-order chi connectivity index (χ1) is 6.23. The molecule has 1 aliphatic carbocycles. The zero-order valence-corrected chi connectivity index (χ0v) is 9.10. The Kier molecular flexibility index (Phi) is 2.64. The van der Waals surface area contributed by atoms with Crippen molar-refractivity contribution in [1.29, 1.82) is 0 Å². The van der Waals surface area contributed by atoms with Crippen molar-refractivity contribution in [2.75, 3.05) is 6.54 Å². The number of hydrogen-bond donors (Lipinski definition) is 1. The van der Waals surface area contributed by atoms with E-state index < -0.39 is 0 Å². The molecule has 3 atom stereocenters. The molecule has 1 heterocycles. The molecule has 1 aliphatic heterocycles. The maximum absolute atomic E-state index is 3.69. The summed E-state index contributed by atoms with van der Waals surface area (Å²) < 4.78 is 0. The molecule has 0 radical (unpaired) electrons. The Hall–Kier alpha value is -0.0400. The summed E-state index contributed by atoms with van der Waals surface area (Å²) in [6, 6.07) is 0.854. The minimum absolute atomic E-state index is 0.636. The van der Waals surface area contributed by atoms with Crippen molar-refractivity contribution in [1.82, 2.24) is 5.32 Å². The molecule has 2 aliphatic rings. The van der Waals surface area contributed by atoms with Crippen LogP contribution in [0.25, 0.3) is 0 Å². The molecule has 13 heavy (non-hydrogen) atoms. The van der Waals surface area contributed by atoms with Gasteiger partial charge in [-0.2, -0.15) is 0 Å². The van der Waals surface area contributed by atoms with Crippen LogP contribution in [0.2, 0.25) is 0 Å². The number of nitrogens with one attached hydrogen (secondary N) is 1. The Morgan fingerprint density at radius 2 is 2.23 bits per heavy atom. The Morgan fingerprint density at radius 1 is 1.38 bits per heavy atom. The quantitative estimate of drug-likeness (QED) is 0.656. The fraction of sp³-hybridized carbons (Fsp3) is 1.00. The fourth-order valence-corrected chi connectivity index (χ4v) is 3.15. The highest BCUT2D eigenvalue weighted by molar-refractivity contribution is 4.91. The second-order valence-electron chi connectivity index (χ2n) is 5.37. The molecule has 1 saturated heterocycles. The van der Waals surface area contributed by atoms with Crippen LogP contribution >= 0.6 is 0 Å². The third-order valence-electron chi connectivity index (χ3n) is 4.41. The fourth-order valence-electron chi connectivity index (χ4n) is 3.15. The predicted molar refractivity (Wildman–Crippen MR) is 56.8 cm³/mol. The van der Waals surface area contributed by atoms with Gasteiger partial charge in [0, 0.05) is 6.04 Å². The van der Waals surface area contributed by atoms with Gasteiger partial charge in [0.2, 0.25) is 0 Å². The molecule has 0 amide bonds. The summed E-state index contributed by atoms with van der Waals surface area (Å²) in [5, 5.41) is 3.69. The molecule has 2 rings (SSSR count). The summed E-state index contributed by atoms with van der Waals surface area (Å²) in [4.78, 5) is 0. The van der Waals surface area contributed by atoms with Gasteiger partial charge >= 0.3 is 0 Å². The number of rotatable bonds is 1. The van der Waals surface area contributed by atoms with Crippen LogP contribution < -0.4 is 5.32 Å². The first kappa shape index (κ1) is 9.51. The predicted octanol–water partition coefficient (Wildman–Crippen LogP) is 2.95. The zero-order chi connectivity index (χ0) is 9.31. The van der Waals surface area contributed by atoms with Crippen LogP contribution in [-0.4, -0.2) is 12.6 Å². The van der Waals surface area contributed by atoms with Gasteiger partial charge < -0.3 is 5.32 Å². The van der Waals surface area contributed by atoms with E-state index in [2.05, 4.69) is 19.2 Å².